The molecule has 1 fully saturated rings. The zero-order valence-electron chi connectivity index (χ0n) is 12.8. The van der Waals surface area contributed by atoms with Gasteiger partial charge in [-0.15, -0.1) is 0 Å². The fourth-order valence-electron chi connectivity index (χ4n) is 2.93. The molecule has 0 aromatic heterocycles. The maximum Gasteiger partial charge on any atom is 0.220 e. The van der Waals surface area contributed by atoms with Gasteiger partial charge in [-0.1, -0.05) is 36.2 Å². The number of halogens is 1. The van der Waals surface area contributed by atoms with Gasteiger partial charge in [-0.25, -0.2) is 0 Å². The Morgan fingerprint density at radius 1 is 1.38 bits per heavy atom. The second-order valence-corrected chi connectivity index (χ2v) is 6.27. The van der Waals surface area contributed by atoms with Crippen LogP contribution in [0.4, 0.5) is 0 Å². The van der Waals surface area contributed by atoms with Crippen LogP contribution in [0.1, 0.15) is 37.7 Å². The van der Waals surface area contributed by atoms with Crippen molar-refractivity contribution in [3.8, 4) is 0 Å². The highest BCUT2D eigenvalue weighted by molar-refractivity contribution is 6.31. The lowest BCUT2D eigenvalue weighted by Gasteiger charge is -2.32. The zero-order chi connectivity index (χ0) is 15.1. The fraction of sp³-hybridized carbons (Fsp3) is 0.588. The van der Waals surface area contributed by atoms with Crippen LogP contribution in [-0.4, -0.2) is 37.0 Å². The van der Waals surface area contributed by atoms with Gasteiger partial charge in [0.15, 0.2) is 0 Å². The number of benzene rings is 1. The number of carbonyl (C=O) groups excluding carboxylic acids is 1. The molecule has 1 aliphatic rings. The maximum absolute atomic E-state index is 11.9. The second kappa shape index (κ2) is 8.40. The predicted molar refractivity (Wildman–Crippen MR) is 87.7 cm³/mol. The summed E-state index contributed by atoms with van der Waals surface area (Å²) in [5, 5.41) is 3.77. The van der Waals surface area contributed by atoms with E-state index in [2.05, 4.69) is 17.3 Å². The molecule has 1 aromatic rings. The molecule has 0 saturated carbocycles. The first-order valence-electron chi connectivity index (χ1n) is 7.87. The van der Waals surface area contributed by atoms with E-state index in [0.29, 0.717) is 19.0 Å². The minimum Gasteiger partial charge on any atom is -0.356 e. The lowest BCUT2D eigenvalue weighted by Crippen LogP contribution is -2.37. The van der Waals surface area contributed by atoms with Crippen LogP contribution >= 0.6 is 11.6 Å². The van der Waals surface area contributed by atoms with Crippen molar-refractivity contribution in [1.29, 1.82) is 0 Å². The summed E-state index contributed by atoms with van der Waals surface area (Å²) in [6.07, 6.45) is 6.18. The first kappa shape index (κ1) is 16.3. The molecule has 1 amide bonds. The molecule has 0 radical (unpaired) electrons. The van der Waals surface area contributed by atoms with Crippen molar-refractivity contribution >= 4 is 17.5 Å². The number of likely N-dealkylation sites (tertiary alicyclic amines) is 1. The van der Waals surface area contributed by atoms with Gasteiger partial charge in [0.2, 0.25) is 5.91 Å². The predicted octanol–water partition coefficient (Wildman–Crippen LogP) is 3.26. The van der Waals surface area contributed by atoms with Gasteiger partial charge >= 0.3 is 0 Å². The Balaban J connectivity index is 1.64. The summed E-state index contributed by atoms with van der Waals surface area (Å²) in [5.74, 6) is 0.154. The summed E-state index contributed by atoms with van der Waals surface area (Å²) in [5.41, 5.74) is 1.09. The van der Waals surface area contributed by atoms with Crippen molar-refractivity contribution < 1.29 is 4.79 Å². The van der Waals surface area contributed by atoms with Crippen molar-refractivity contribution in [1.82, 2.24) is 10.2 Å². The van der Waals surface area contributed by atoms with Crippen molar-refractivity contribution in [2.24, 2.45) is 0 Å². The first-order valence-corrected chi connectivity index (χ1v) is 8.25. The van der Waals surface area contributed by atoms with E-state index in [4.69, 9.17) is 11.6 Å². The van der Waals surface area contributed by atoms with Crippen molar-refractivity contribution in [3.63, 3.8) is 0 Å². The van der Waals surface area contributed by atoms with Gasteiger partial charge < -0.3 is 10.2 Å². The third kappa shape index (κ3) is 5.33. The van der Waals surface area contributed by atoms with Gasteiger partial charge in [-0.2, -0.15) is 0 Å². The maximum atomic E-state index is 11.9. The van der Waals surface area contributed by atoms with Crippen LogP contribution in [0.5, 0.6) is 0 Å². The highest BCUT2D eigenvalue weighted by Crippen LogP contribution is 2.19. The van der Waals surface area contributed by atoms with Gasteiger partial charge in [0.25, 0.3) is 0 Å². The van der Waals surface area contributed by atoms with Crippen molar-refractivity contribution in [2.75, 3.05) is 20.1 Å². The van der Waals surface area contributed by atoms with Gasteiger partial charge in [0, 0.05) is 24.0 Å². The van der Waals surface area contributed by atoms with Gasteiger partial charge in [0.05, 0.1) is 0 Å². The van der Waals surface area contributed by atoms with Gasteiger partial charge in [-0.05, 0) is 50.9 Å². The molecule has 1 aliphatic heterocycles. The Kier molecular flexibility index (Phi) is 6.52. The summed E-state index contributed by atoms with van der Waals surface area (Å²) in [7, 11) is 2.17. The smallest absolute Gasteiger partial charge is 0.220 e. The lowest BCUT2D eigenvalue weighted by atomic mass is 9.98. The first-order chi connectivity index (χ1) is 10.2. The van der Waals surface area contributed by atoms with E-state index in [9.17, 15) is 4.79 Å². The highest BCUT2D eigenvalue weighted by Gasteiger charge is 2.19. The minimum absolute atomic E-state index is 0.154. The number of carbonyl (C=O) groups is 1. The number of hydrogen-bond acceptors (Lipinski definition) is 2. The number of amides is 1. The zero-order valence-corrected chi connectivity index (χ0v) is 13.5. The Hall–Kier alpha value is -1.06. The molecule has 2 rings (SSSR count). The van der Waals surface area contributed by atoms with Crippen LogP contribution in [0.2, 0.25) is 5.02 Å². The molecular formula is C17H25ClN2O. The van der Waals surface area contributed by atoms with Crippen LogP contribution < -0.4 is 5.32 Å². The molecule has 1 heterocycles. The summed E-state index contributed by atoms with van der Waals surface area (Å²) in [4.78, 5) is 14.3. The number of piperidine rings is 1. The average molecular weight is 309 g/mol. The van der Waals surface area contributed by atoms with Crippen LogP contribution in [0.3, 0.4) is 0 Å². The highest BCUT2D eigenvalue weighted by atomic mass is 35.5. The van der Waals surface area contributed by atoms with Crippen LogP contribution in [-0.2, 0) is 11.2 Å². The van der Waals surface area contributed by atoms with E-state index in [-0.39, 0.29) is 5.91 Å². The second-order valence-electron chi connectivity index (χ2n) is 5.86. The molecule has 116 valence electrons. The van der Waals surface area contributed by atoms with Gasteiger partial charge in [0.1, 0.15) is 0 Å². The van der Waals surface area contributed by atoms with E-state index in [1.807, 2.05) is 24.3 Å². The molecule has 4 heteroatoms. The SMILES string of the molecule is CN1CCCC[C@@H]1CCC(=O)NCCc1ccccc1Cl. The van der Waals surface area contributed by atoms with Crippen molar-refractivity contribution in [2.45, 2.75) is 44.6 Å². The number of nitrogens with one attached hydrogen (secondary N) is 1. The molecule has 1 atom stereocenters. The Labute approximate surface area is 132 Å². The largest absolute Gasteiger partial charge is 0.356 e. The molecule has 21 heavy (non-hydrogen) atoms. The summed E-state index contributed by atoms with van der Waals surface area (Å²) < 4.78 is 0. The van der Waals surface area contributed by atoms with Crippen LogP contribution in [0.15, 0.2) is 24.3 Å². The molecule has 1 N–H and O–H groups in total. The molecule has 0 spiro atoms. The van der Waals surface area contributed by atoms with Crippen LogP contribution in [0.25, 0.3) is 0 Å². The summed E-state index contributed by atoms with van der Waals surface area (Å²) in [6, 6.07) is 8.36. The average Bonchev–Trinajstić information content (AvgIpc) is 2.48. The van der Waals surface area contributed by atoms with Gasteiger partial charge in [-0.3, -0.25) is 4.79 Å². The Morgan fingerprint density at radius 3 is 2.95 bits per heavy atom. The van der Waals surface area contributed by atoms with E-state index >= 15 is 0 Å². The topological polar surface area (TPSA) is 32.3 Å². The molecule has 1 saturated heterocycles. The minimum atomic E-state index is 0.154. The number of nitrogens with zero attached hydrogens (tertiary/aromatic N) is 1. The van der Waals surface area contributed by atoms with E-state index in [0.717, 1.165) is 23.4 Å². The number of rotatable bonds is 6. The normalized spacial score (nSPS) is 19.4. The summed E-state index contributed by atoms with van der Waals surface area (Å²) >= 11 is 6.10. The molecule has 1 aromatic carbocycles. The van der Waals surface area contributed by atoms with E-state index in [1.54, 1.807) is 0 Å². The molecule has 3 nitrogen and oxygen atoms in total. The Morgan fingerprint density at radius 2 is 2.19 bits per heavy atom. The standard InChI is InChI=1S/C17H25ClN2O/c1-20-13-5-4-7-15(20)9-10-17(21)19-12-11-14-6-2-3-8-16(14)18/h2-3,6,8,15H,4-5,7,9-13H2,1H3,(H,19,21)/t15-/m1/s1. The fourth-order valence-corrected chi connectivity index (χ4v) is 3.16. The lowest BCUT2D eigenvalue weighted by molar-refractivity contribution is -0.121. The Bertz CT molecular complexity index is 464. The molecule has 0 aliphatic carbocycles. The monoisotopic (exact) mass is 308 g/mol. The summed E-state index contributed by atoms with van der Waals surface area (Å²) in [6.45, 7) is 1.82. The third-order valence-corrected chi connectivity index (χ3v) is 4.67. The number of hydrogen-bond donors (Lipinski definition) is 1. The van der Waals surface area contributed by atoms with E-state index in [1.165, 1.54) is 25.8 Å². The van der Waals surface area contributed by atoms with E-state index < -0.39 is 0 Å². The van der Waals surface area contributed by atoms with Crippen LogP contribution in [0, 0.1) is 0 Å². The third-order valence-electron chi connectivity index (χ3n) is 4.30. The molecule has 0 unspecified atom stereocenters. The molecule has 0 bridgehead atoms. The quantitative estimate of drug-likeness (QED) is 0.875. The molecular weight excluding hydrogens is 284 g/mol. The van der Waals surface area contributed by atoms with Crippen molar-refractivity contribution in [3.05, 3.63) is 34.9 Å².